The monoisotopic (exact) mass is 512 g/mol. The fraction of sp³-hybridized carbons (Fsp3) is 0.200. The highest BCUT2D eigenvalue weighted by Crippen LogP contribution is 2.42. The van der Waals surface area contributed by atoms with Gasteiger partial charge in [-0.1, -0.05) is 36.4 Å². The molecule has 0 radical (unpaired) electrons. The zero-order valence-corrected chi connectivity index (χ0v) is 21.5. The highest BCUT2D eigenvalue weighted by atomic mass is 19.1. The standard InChI is InChI=1S/C30H29FN4O3/c1-20(2)34(30(37)32-23-9-4-7-13-27(23)38-3)19-28(36)35-25-11-6-5-10-24(25)33-18-8-12-26(33)29(35)21-14-16-22(31)17-15-21/h4-18,20,29H,19H2,1-3H3,(H,32,37). The number of rotatable bonds is 6. The third-order valence-electron chi connectivity index (χ3n) is 6.71. The van der Waals surface area contributed by atoms with E-state index in [0.29, 0.717) is 17.1 Å². The van der Waals surface area contributed by atoms with E-state index in [-0.39, 0.29) is 24.3 Å². The van der Waals surface area contributed by atoms with E-state index in [1.807, 2.05) is 67.1 Å². The van der Waals surface area contributed by atoms with E-state index in [0.717, 1.165) is 16.9 Å². The number of methoxy groups -OCH3 is 1. The first-order valence-corrected chi connectivity index (χ1v) is 12.4. The number of carbonyl (C=O) groups excluding carboxylic acids is 2. The van der Waals surface area contributed by atoms with Crippen molar-refractivity contribution in [2.45, 2.75) is 25.9 Å². The third kappa shape index (κ3) is 4.61. The Balaban J connectivity index is 1.51. The average Bonchev–Trinajstić information content (AvgIpc) is 3.41. The van der Waals surface area contributed by atoms with Crippen LogP contribution in [0, 0.1) is 5.82 Å². The number of carbonyl (C=O) groups is 2. The highest BCUT2D eigenvalue weighted by molar-refractivity contribution is 6.01. The second kappa shape index (κ2) is 10.4. The minimum atomic E-state index is -0.501. The predicted molar refractivity (Wildman–Crippen MR) is 145 cm³/mol. The predicted octanol–water partition coefficient (Wildman–Crippen LogP) is 6.00. The molecule has 194 valence electrons. The van der Waals surface area contributed by atoms with Gasteiger partial charge in [-0.2, -0.15) is 0 Å². The molecule has 3 amide bonds. The van der Waals surface area contributed by atoms with Crippen molar-refractivity contribution in [1.82, 2.24) is 9.47 Å². The molecule has 7 nitrogen and oxygen atoms in total. The molecule has 8 heteroatoms. The van der Waals surface area contributed by atoms with Crippen molar-refractivity contribution in [3.63, 3.8) is 0 Å². The van der Waals surface area contributed by atoms with Crippen LogP contribution in [0.3, 0.4) is 0 Å². The molecule has 1 aliphatic rings. The van der Waals surface area contributed by atoms with Gasteiger partial charge in [-0.3, -0.25) is 9.69 Å². The Bertz CT molecular complexity index is 1460. The quantitative estimate of drug-likeness (QED) is 0.344. The molecule has 0 fully saturated rings. The van der Waals surface area contributed by atoms with Crippen LogP contribution in [-0.2, 0) is 4.79 Å². The summed E-state index contributed by atoms with van der Waals surface area (Å²) in [6, 6.07) is 23.7. The second-order valence-electron chi connectivity index (χ2n) is 9.36. The molecule has 1 unspecified atom stereocenters. The van der Waals surface area contributed by atoms with Crippen molar-refractivity contribution in [3.8, 4) is 11.4 Å². The first-order chi connectivity index (χ1) is 18.4. The Morgan fingerprint density at radius 1 is 0.947 bits per heavy atom. The fourth-order valence-corrected chi connectivity index (χ4v) is 4.87. The molecule has 2 heterocycles. The van der Waals surface area contributed by atoms with Gasteiger partial charge < -0.3 is 19.5 Å². The number of halogens is 1. The summed E-state index contributed by atoms with van der Waals surface area (Å²) in [4.78, 5) is 30.7. The zero-order valence-electron chi connectivity index (χ0n) is 21.5. The minimum absolute atomic E-state index is 0.161. The number of hydrogen-bond acceptors (Lipinski definition) is 3. The van der Waals surface area contributed by atoms with Gasteiger partial charge in [-0.15, -0.1) is 0 Å². The van der Waals surface area contributed by atoms with E-state index in [2.05, 4.69) is 5.32 Å². The molecule has 0 spiro atoms. The van der Waals surface area contributed by atoms with E-state index in [9.17, 15) is 14.0 Å². The lowest BCUT2D eigenvalue weighted by Gasteiger charge is -2.40. The van der Waals surface area contributed by atoms with Crippen molar-refractivity contribution in [2.24, 2.45) is 0 Å². The van der Waals surface area contributed by atoms with Crippen LogP contribution in [0.25, 0.3) is 5.69 Å². The highest BCUT2D eigenvalue weighted by Gasteiger charge is 2.37. The summed E-state index contributed by atoms with van der Waals surface area (Å²) in [6.45, 7) is 3.56. The second-order valence-corrected chi connectivity index (χ2v) is 9.36. The number of urea groups is 1. The first kappa shape index (κ1) is 25.1. The Labute approximate surface area is 221 Å². The topological polar surface area (TPSA) is 66.8 Å². The van der Waals surface area contributed by atoms with Crippen LogP contribution in [-0.4, -0.2) is 41.1 Å². The summed E-state index contributed by atoms with van der Waals surface area (Å²) >= 11 is 0. The molecule has 1 aromatic heterocycles. The molecule has 3 aromatic carbocycles. The number of benzene rings is 3. The normalized spacial score (nSPS) is 14.0. The lowest BCUT2D eigenvalue weighted by Crippen LogP contribution is -2.49. The van der Waals surface area contributed by atoms with Crippen molar-refractivity contribution < 1.29 is 18.7 Å². The van der Waals surface area contributed by atoms with Crippen molar-refractivity contribution in [2.75, 3.05) is 23.9 Å². The molecule has 0 bridgehead atoms. The number of anilines is 2. The van der Waals surface area contributed by atoms with E-state index in [1.165, 1.54) is 24.1 Å². The third-order valence-corrected chi connectivity index (χ3v) is 6.71. The largest absolute Gasteiger partial charge is 0.495 e. The lowest BCUT2D eigenvalue weighted by molar-refractivity contribution is -0.119. The Morgan fingerprint density at radius 2 is 1.63 bits per heavy atom. The summed E-state index contributed by atoms with van der Waals surface area (Å²) in [5.74, 6) is -0.0849. The number of fused-ring (bicyclic) bond motifs is 3. The summed E-state index contributed by atoms with van der Waals surface area (Å²) in [7, 11) is 1.54. The van der Waals surface area contributed by atoms with Gasteiger partial charge in [0.2, 0.25) is 5.91 Å². The van der Waals surface area contributed by atoms with Crippen molar-refractivity contribution in [1.29, 1.82) is 0 Å². The van der Waals surface area contributed by atoms with Crippen molar-refractivity contribution in [3.05, 3.63) is 108 Å². The van der Waals surface area contributed by atoms with Gasteiger partial charge in [-0.25, -0.2) is 9.18 Å². The van der Waals surface area contributed by atoms with Crippen LogP contribution in [0.15, 0.2) is 91.1 Å². The molecular formula is C30H29FN4O3. The maximum absolute atomic E-state index is 14.1. The summed E-state index contributed by atoms with van der Waals surface area (Å²) in [6.07, 6.45) is 1.95. The van der Waals surface area contributed by atoms with Crippen LogP contribution >= 0.6 is 0 Å². The molecule has 4 aromatic rings. The van der Waals surface area contributed by atoms with E-state index >= 15 is 0 Å². The molecule has 0 saturated heterocycles. The first-order valence-electron chi connectivity index (χ1n) is 12.4. The van der Waals surface area contributed by atoms with Crippen LogP contribution in [0.1, 0.15) is 31.1 Å². The molecule has 5 rings (SSSR count). The summed E-state index contributed by atoms with van der Waals surface area (Å²) in [5, 5.41) is 2.88. The van der Waals surface area contributed by atoms with Gasteiger partial charge in [0.25, 0.3) is 0 Å². The Morgan fingerprint density at radius 3 is 2.34 bits per heavy atom. The molecule has 0 aliphatic carbocycles. The number of nitrogens with zero attached hydrogens (tertiary/aromatic N) is 3. The number of amides is 3. The molecule has 38 heavy (non-hydrogen) atoms. The van der Waals surface area contributed by atoms with Gasteiger partial charge in [0.15, 0.2) is 0 Å². The Hall–Kier alpha value is -4.59. The van der Waals surface area contributed by atoms with Gasteiger partial charge in [0.1, 0.15) is 24.2 Å². The number of aromatic nitrogens is 1. The van der Waals surface area contributed by atoms with Gasteiger partial charge >= 0.3 is 6.03 Å². The fourth-order valence-electron chi connectivity index (χ4n) is 4.87. The number of para-hydroxylation sites is 4. The Kier molecular flexibility index (Phi) is 6.87. The van der Waals surface area contributed by atoms with E-state index in [4.69, 9.17) is 4.74 Å². The SMILES string of the molecule is COc1ccccc1NC(=O)N(CC(=O)N1c2ccccc2-n2cccc2C1c1ccc(F)cc1)C(C)C. The van der Waals surface area contributed by atoms with Crippen LogP contribution < -0.4 is 15.0 Å². The lowest BCUT2D eigenvalue weighted by atomic mass is 9.97. The number of ether oxygens (including phenoxy) is 1. The number of nitrogens with one attached hydrogen (secondary N) is 1. The van der Waals surface area contributed by atoms with E-state index < -0.39 is 12.1 Å². The molecule has 0 saturated carbocycles. The van der Waals surface area contributed by atoms with Gasteiger partial charge in [0, 0.05) is 12.2 Å². The minimum Gasteiger partial charge on any atom is -0.495 e. The van der Waals surface area contributed by atoms with Gasteiger partial charge in [0.05, 0.1) is 29.9 Å². The molecule has 1 aliphatic heterocycles. The maximum Gasteiger partial charge on any atom is 0.322 e. The van der Waals surface area contributed by atoms with E-state index in [1.54, 1.807) is 35.2 Å². The molecule has 1 atom stereocenters. The zero-order chi connectivity index (χ0) is 26.8. The smallest absolute Gasteiger partial charge is 0.322 e. The number of hydrogen-bond donors (Lipinski definition) is 1. The van der Waals surface area contributed by atoms with Crippen molar-refractivity contribution >= 4 is 23.3 Å². The van der Waals surface area contributed by atoms with Gasteiger partial charge in [-0.05, 0) is 67.9 Å². The summed E-state index contributed by atoms with van der Waals surface area (Å²) in [5.41, 5.74) is 3.73. The molecule has 1 N–H and O–H groups in total. The summed E-state index contributed by atoms with van der Waals surface area (Å²) < 4.78 is 21.2. The van der Waals surface area contributed by atoms with Crippen LogP contribution in [0.4, 0.5) is 20.6 Å². The van der Waals surface area contributed by atoms with Crippen LogP contribution in [0.2, 0.25) is 0 Å². The maximum atomic E-state index is 14.1. The molecular weight excluding hydrogens is 483 g/mol. The average molecular weight is 513 g/mol. The van der Waals surface area contributed by atoms with Crippen LogP contribution in [0.5, 0.6) is 5.75 Å².